The van der Waals surface area contributed by atoms with Gasteiger partial charge in [0.1, 0.15) is 11.9 Å². The van der Waals surface area contributed by atoms with E-state index < -0.39 is 0 Å². The minimum Gasteiger partial charge on any atom is -0.385 e. The van der Waals surface area contributed by atoms with Gasteiger partial charge in [-0.25, -0.2) is 4.79 Å². The number of rotatable bonds is 3. The molecule has 1 heterocycles. The highest BCUT2D eigenvalue weighted by molar-refractivity contribution is 6.03. The fraction of sp³-hybridized carbons (Fsp3) is 0.500. The molecule has 3 rings (SSSR count). The summed E-state index contributed by atoms with van der Waals surface area (Å²) < 4.78 is 0. The van der Waals surface area contributed by atoms with Crippen molar-refractivity contribution in [2.45, 2.75) is 39.7 Å². The normalized spacial score (nSPS) is 22.4. The smallest absolute Gasteiger partial charge is 0.346 e. The third-order valence-electron chi connectivity index (χ3n) is 4.39. The van der Waals surface area contributed by atoms with E-state index in [0.29, 0.717) is 11.8 Å². The summed E-state index contributed by atoms with van der Waals surface area (Å²) in [6, 6.07) is 3.95. The minimum atomic E-state index is -0.183. The summed E-state index contributed by atoms with van der Waals surface area (Å²) in [6.07, 6.45) is 2.42. The maximum Gasteiger partial charge on any atom is 0.346 e. The Morgan fingerprint density at radius 3 is 2.50 bits per heavy atom. The fourth-order valence-corrected chi connectivity index (χ4v) is 2.87. The minimum absolute atomic E-state index is 0.178. The molecule has 0 radical (unpaired) electrons. The lowest BCUT2D eigenvalue weighted by Crippen LogP contribution is -2.35. The van der Waals surface area contributed by atoms with E-state index in [1.807, 2.05) is 4.90 Å². The molecule has 4 heteroatoms. The van der Waals surface area contributed by atoms with Crippen LogP contribution in [0.4, 0.5) is 4.79 Å². The molecular formula is C16H21N3O. The van der Waals surface area contributed by atoms with Crippen LogP contribution < -0.4 is 5.73 Å². The van der Waals surface area contributed by atoms with Gasteiger partial charge in [-0.1, -0.05) is 12.1 Å². The van der Waals surface area contributed by atoms with Crippen LogP contribution in [0.5, 0.6) is 0 Å². The molecule has 0 spiro atoms. The Morgan fingerprint density at radius 1 is 1.20 bits per heavy atom. The first-order valence-electron chi connectivity index (χ1n) is 7.19. The van der Waals surface area contributed by atoms with Gasteiger partial charge in [0.25, 0.3) is 0 Å². The predicted octanol–water partition coefficient (Wildman–Crippen LogP) is 2.86. The molecule has 1 aromatic carbocycles. The summed E-state index contributed by atoms with van der Waals surface area (Å²) in [6.45, 7) is 7.05. The van der Waals surface area contributed by atoms with Gasteiger partial charge < -0.3 is 10.6 Å². The second-order valence-electron chi connectivity index (χ2n) is 6.11. The number of nitrogens with zero attached hydrogens (tertiary/aromatic N) is 2. The fourth-order valence-electron chi connectivity index (χ4n) is 2.87. The largest absolute Gasteiger partial charge is 0.385 e. The van der Waals surface area contributed by atoms with Gasteiger partial charge in [-0.3, -0.25) is 0 Å². The van der Waals surface area contributed by atoms with Crippen molar-refractivity contribution in [3.05, 3.63) is 34.4 Å². The number of nitrogens with two attached hydrogens (primary N) is 1. The molecule has 1 atom stereocenters. The van der Waals surface area contributed by atoms with E-state index >= 15 is 0 Å². The first kappa shape index (κ1) is 13.2. The summed E-state index contributed by atoms with van der Waals surface area (Å²) in [4.78, 5) is 17.9. The highest BCUT2D eigenvalue weighted by Gasteiger charge is 2.38. The van der Waals surface area contributed by atoms with Crippen molar-refractivity contribution in [3.8, 4) is 0 Å². The quantitative estimate of drug-likeness (QED) is 0.919. The van der Waals surface area contributed by atoms with E-state index in [4.69, 9.17) is 5.73 Å². The van der Waals surface area contributed by atoms with Crippen molar-refractivity contribution in [2.24, 2.45) is 16.6 Å². The molecule has 1 unspecified atom stereocenters. The lowest BCUT2D eigenvalue weighted by molar-refractivity contribution is 0.203. The second-order valence-corrected chi connectivity index (χ2v) is 6.11. The average Bonchev–Trinajstić information content (AvgIpc) is 3.13. The molecule has 20 heavy (non-hydrogen) atoms. The molecular weight excluding hydrogens is 250 g/mol. The number of hydrogen-bond acceptors (Lipinski definition) is 2. The molecule has 0 aromatic heterocycles. The first-order valence-corrected chi connectivity index (χ1v) is 7.19. The van der Waals surface area contributed by atoms with Crippen LogP contribution in [-0.4, -0.2) is 23.3 Å². The Labute approximate surface area is 119 Å². The number of hydrogen-bond donors (Lipinski definition) is 1. The molecule has 2 N–H and O–H groups in total. The zero-order valence-corrected chi connectivity index (χ0v) is 12.3. The third-order valence-corrected chi connectivity index (χ3v) is 4.39. The van der Waals surface area contributed by atoms with E-state index in [1.165, 1.54) is 29.5 Å². The van der Waals surface area contributed by atoms with E-state index in [0.717, 1.165) is 12.1 Å². The Hall–Kier alpha value is -1.84. The number of amides is 2. The zero-order chi connectivity index (χ0) is 14.4. The van der Waals surface area contributed by atoms with Gasteiger partial charge in [-0.05, 0) is 61.8 Å². The van der Waals surface area contributed by atoms with Gasteiger partial charge >= 0.3 is 6.03 Å². The molecule has 1 saturated carbocycles. The molecule has 0 saturated heterocycles. The summed E-state index contributed by atoms with van der Waals surface area (Å²) in [5.74, 6) is 1.07. The third kappa shape index (κ3) is 2.19. The van der Waals surface area contributed by atoms with Gasteiger partial charge in [0.15, 0.2) is 0 Å². The maximum absolute atomic E-state index is 12.1. The number of amidine groups is 1. The Morgan fingerprint density at radius 2 is 1.85 bits per heavy atom. The Bertz CT molecular complexity index is 602. The van der Waals surface area contributed by atoms with Crippen molar-refractivity contribution in [2.75, 3.05) is 6.54 Å². The van der Waals surface area contributed by atoms with Crippen LogP contribution in [0.1, 0.15) is 41.1 Å². The van der Waals surface area contributed by atoms with E-state index in [9.17, 15) is 4.79 Å². The molecule has 1 aromatic rings. The van der Waals surface area contributed by atoms with Crippen LogP contribution in [0.15, 0.2) is 17.1 Å². The highest BCUT2D eigenvalue weighted by Crippen LogP contribution is 2.36. The van der Waals surface area contributed by atoms with Crippen LogP contribution in [0, 0.1) is 26.7 Å². The standard InChI is InChI=1S/C16H21N3O/c1-9-6-11(3)13(7-10(9)2)14-15(17)18-16(20)19(14)8-12-4-5-12/h6-7,12,14H,4-5,8H2,1-3H3,(H2,17,18,20). The molecule has 2 amide bonds. The topological polar surface area (TPSA) is 58.7 Å². The second kappa shape index (κ2) is 4.62. The average molecular weight is 271 g/mol. The van der Waals surface area contributed by atoms with Crippen LogP contribution in [0.3, 0.4) is 0 Å². The SMILES string of the molecule is Cc1cc(C)c(C2C(N)=NC(=O)N2CC2CC2)cc1C. The van der Waals surface area contributed by atoms with Gasteiger partial charge in [0, 0.05) is 6.54 Å². The van der Waals surface area contributed by atoms with Crippen molar-refractivity contribution in [1.82, 2.24) is 4.90 Å². The number of aliphatic imine (C=N–C) groups is 1. The van der Waals surface area contributed by atoms with Crippen LogP contribution in [0.25, 0.3) is 0 Å². The molecule has 1 aliphatic carbocycles. The van der Waals surface area contributed by atoms with Crippen molar-refractivity contribution >= 4 is 11.9 Å². The van der Waals surface area contributed by atoms with E-state index in [1.54, 1.807) is 0 Å². The van der Waals surface area contributed by atoms with Crippen LogP contribution in [-0.2, 0) is 0 Å². The number of benzene rings is 1. The molecule has 106 valence electrons. The van der Waals surface area contributed by atoms with Gasteiger partial charge in [-0.2, -0.15) is 4.99 Å². The van der Waals surface area contributed by atoms with Crippen molar-refractivity contribution in [3.63, 3.8) is 0 Å². The Kier molecular flexibility index (Phi) is 3.04. The Balaban J connectivity index is 1.99. The summed E-state index contributed by atoms with van der Waals surface area (Å²) >= 11 is 0. The lowest BCUT2D eigenvalue weighted by atomic mass is 9.94. The van der Waals surface area contributed by atoms with E-state index in [2.05, 4.69) is 37.9 Å². The number of carbonyl (C=O) groups is 1. The number of urea groups is 1. The maximum atomic E-state index is 12.1. The van der Waals surface area contributed by atoms with Crippen molar-refractivity contribution in [1.29, 1.82) is 0 Å². The summed E-state index contributed by atoms with van der Waals surface area (Å²) in [5, 5.41) is 0. The van der Waals surface area contributed by atoms with Crippen LogP contribution >= 0.6 is 0 Å². The van der Waals surface area contributed by atoms with Gasteiger partial charge in [-0.15, -0.1) is 0 Å². The molecule has 0 bridgehead atoms. The molecule has 2 aliphatic rings. The van der Waals surface area contributed by atoms with Gasteiger partial charge in [0.05, 0.1) is 0 Å². The van der Waals surface area contributed by atoms with Crippen molar-refractivity contribution < 1.29 is 4.79 Å². The van der Waals surface area contributed by atoms with Crippen LogP contribution in [0.2, 0.25) is 0 Å². The van der Waals surface area contributed by atoms with Gasteiger partial charge in [0.2, 0.25) is 0 Å². The number of carbonyl (C=O) groups excluding carboxylic acids is 1. The molecule has 1 aliphatic heterocycles. The number of aryl methyl sites for hydroxylation is 3. The first-order chi connectivity index (χ1) is 9.47. The summed E-state index contributed by atoms with van der Waals surface area (Å²) in [5.41, 5.74) is 10.8. The highest BCUT2D eigenvalue weighted by atomic mass is 16.2. The monoisotopic (exact) mass is 271 g/mol. The zero-order valence-electron chi connectivity index (χ0n) is 12.3. The molecule has 4 nitrogen and oxygen atoms in total. The lowest BCUT2D eigenvalue weighted by Gasteiger charge is -2.26. The molecule has 1 fully saturated rings. The predicted molar refractivity (Wildman–Crippen MR) is 79.8 cm³/mol. The summed E-state index contributed by atoms with van der Waals surface area (Å²) in [7, 11) is 0. The van der Waals surface area contributed by atoms with E-state index in [-0.39, 0.29) is 12.1 Å².